The molecule has 5 heteroatoms. The molecule has 1 aliphatic carbocycles. The van der Waals surface area contributed by atoms with Gasteiger partial charge in [-0.2, -0.15) is 4.98 Å². The van der Waals surface area contributed by atoms with Gasteiger partial charge in [-0.15, -0.1) is 0 Å². The molecule has 1 aliphatic heterocycles. The SMILES string of the molecule is CN(CC1CCN(c2nc3ccccc3o2)CC1)C(=O)C1CC1. The second kappa shape index (κ2) is 5.87. The first-order valence-electron chi connectivity index (χ1n) is 8.56. The molecule has 1 saturated heterocycles. The van der Waals surface area contributed by atoms with Crippen molar-refractivity contribution >= 4 is 23.0 Å². The molecule has 1 aromatic heterocycles. The number of piperidine rings is 1. The van der Waals surface area contributed by atoms with Crippen molar-refractivity contribution in [2.45, 2.75) is 25.7 Å². The minimum atomic E-state index is 0.319. The lowest BCUT2D eigenvalue weighted by molar-refractivity contribution is -0.131. The molecule has 0 bridgehead atoms. The number of carbonyl (C=O) groups excluding carboxylic acids is 1. The summed E-state index contributed by atoms with van der Waals surface area (Å²) in [6, 6.07) is 8.61. The van der Waals surface area contributed by atoms with Gasteiger partial charge in [0.1, 0.15) is 5.52 Å². The standard InChI is InChI=1S/C18H23N3O2/c1-20(17(22)14-6-7-14)12-13-8-10-21(11-9-13)18-19-15-4-2-3-5-16(15)23-18/h2-5,13-14H,6-12H2,1H3. The van der Waals surface area contributed by atoms with Gasteiger partial charge in [-0.05, 0) is 43.7 Å². The van der Waals surface area contributed by atoms with Crippen molar-refractivity contribution in [3.05, 3.63) is 24.3 Å². The molecule has 0 spiro atoms. The number of oxazole rings is 1. The van der Waals surface area contributed by atoms with Gasteiger partial charge in [0, 0.05) is 32.6 Å². The number of para-hydroxylation sites is 2. The number of fused-ring (bicyclic) bond motifs is 1. The second-order valence-electron chi connectivity index (χ2n) is 6.89. The van der Waals surface area contributed by atoms with E-state index in [1.165, 1.54) is 0 Å². The fraction of sp³-hybridized carbons (Fsp3) is 0.556. The minimum Gasteiger partial charge on any atom is -0.423 e. The largest absolute Gasteiger partial charge is 0.423 e. The Kier molecular flexibility index (Phi) is 3.71. The molecule has 2 fully saturated rings. The van der Waals surface area contributed by atoms with Gasteiger partial charge in [-0.25, -0.2) is 0 Å². The first-order chi connectivity index (χ1) is 11.2. The van der Waals surface area contributed by atoms with Crippen LogP contribution >= 0.6 is 0 Å². The van der Waals surface area contributed by atoms with Crippen molar-refractivity contribution in [2.24, 2.45) is 11.8 Å². The van der Waals surface area contributed by atoms with Gasteiger partial charge in [0.2, 0.25) is 5.91 Å². The third-order valence-corrected chi connectivity index (χ3v) is 5.00. The Balaban J connectivity index is 1.34. The average molecular weight is 313 g/mol. The summed E-state index contributed by atoms with van der Waals surface area (Å²) in [5.74, 6) is 1.24. The summed E-state index contributed by atoms with van der Waals surface area (Å²) in [5.41, 5.74) is 1.76. The van der Waals surface area contributed by atoms with Gasteiger partial charge in [0.15, 0.2) is 5.58 Å². The molecule has 122 valence electrons. The fourth-order valence-corrected chi connectivity index (χ4v) is 3.42. The van der Waals surface area contributed by atoms with Crippen LogP contribution in [0, 0.1) is 11.8 Å². The molecular weight excluding hydrogens is 290 g/mol. The number of nitrogens with zero attached hydrogens (tertiary/aromatic N) is 3. The summed E-state index contributed by atoms with van der Waals surface area (Å²) in [6.45, 7) is 2.78. The van der Waals surface area contributed by atoms with E-state index in [0.717, 1.165) is 62.4 Å². The van der Waals surface area contributed by atoms with Crippen LogP contribution in [0.15, 0.2) is 28.7 Å². The number of hydrogen-bond donors (Lipinski definition) is 0. The van der Waals surface area contributed by atoms with Gasteiger partial charge >= 0.3 is 0 Å². The Labute approximate surface area is 136 Å². The maximum absolute atomic E-state index is 12.1. The summed E-state index contributed by atoms with van der Waals surface area (Å²) in [7, 11) is 1.95. The molecule has 0 N–H and O–H groups in total. The Hall–Kier alpha value is -2.04. The molecule has 1 aromatic carbocycles. The van der Waals surface area contributed by atoms with Crippen molar-refractivity contribution < 1.29 is 9.21 Å². The number of hydrogen-bond acceptors (Lipinski definition) is 4. The lowest BCUT2D eigenvalue weighted by Gasteiger charge is -2.33. The van der Waals surface area contributed by atoms with E-state index in [-0.39, 0.29) is 0 Å². The highest BCUT2D eigenvalue weighted by Crippen LogP contribution is 2.31. The van der Waals surface area contributed by atoms with Gasteiger partial charge < -0.3 is 14.2 Å². The molecule has 2 aliphatic rings. The highest BCUT2D eigenvalue weighted by Gasteiger charge is 2.33. The maximum Gasteiger partial charge on any atom is 0.298 e. The van der Waals surface area contributed by atoms with E-state index in [9.17, 15) is 4.79 Å². The summed E-state index contributed by atoms with van der Waals surface area (Å²) in [6.07, 6.45) is 4.33. The van der Waals surface area contributed by atoms with Crippen LogP contribution in [0.1, 0.15) is 25.7 Å². The van der Waals surface area contributed by atoms with Crippen molar-refractivity contribution in [1.29, 1.82) is 0 Å². The number of benzene rings is 1. The second-order valence-corrected chi connectivity index (χ2v) is 6.89. The molecule has 4 rings (SSSR count). The van der Waals surface area contributed by atoms with Crippen LogP contribution in [0.3, 0.4) is 0 Å². The van der Waals surface area contributed by atoms with Crippen LogP contribution in [-0.4, -0.2) is 42.5 Å². The first kappa shape index (κ1) is 14.5. The number of aromatic nitrogens is 1. The van der Waals surface area contributed by atoms with E-state index in [4.69, 9.17) is 4.42 Å². The number of anilines is 1. The van der Waals surface area contributed by atoms with Crippen molar-refractivity contribution in [3.8, 4) is 0 Å². The molecule has 2 aromatic rings. The minimum absolute atomic E-state index is 0.319. The summed E-state index contributed by atoms with van der Waals surface area (Å²) in [4.78, 5) is 20.8. The number of amides is 1. The molecule has 1 saturated carbocycles. The van der Waals surface area contributed by atoms with E-state index in [2.05, 4.69) is 9.88 Å². The molecule has 23 heavy (non-hydrogen) atoms. The summed E-state index contributed by atoms with van der Waals surface area (Å²) in [5, 5.41) is 0. The van der Waals surface area contributed by atoms with Crippen LogP contribution < -0.4 is 4.90 Å². The summed E-state index contributed by atoms with van der Waals surface area (Å²) >= 11 is 0. The summed E-state index contributed by atoms with van der Waals surface area (Å²) < 4.78 is 5.85. The Morgan fingerprint density at radius 2 is 2.00 bits per heavy atom. The number of carbonyl (C=O) groups is 1. The van der Waals surface area contributed by atoms with E-state index >= 15 is 0 Å². The van der Waals surface area contributed by atoms with Crippen LogP contribution in [-0.2, 0) is 4.79 Å². The third kappa shape index (κ3) is 3.05. The van der Waals surface area contributed by atoms with Crippen molar-refractivity contribution in [3.63, 3.8) is 0 Å². The van der Waals surface area contributed by atoms with Crippen LogP contribution in [0.4, 0.5) is 6.01 Å². The zero-order valence-corrected chi connectivity index (χ0v) is 13.6. The Bertz CT molecular complexity index is 666. The Morgan fingerprint density at radius 1 is 1.26 bits per heavy atom. The van der Waals surface area contributed by atoms with Crippen molar-refractivity contribution in [2.75, 3.05) is 31.6 Å². The predicted octanol–water partition coefficient (Wildman–Crippen LogP) is 2.91. The van der Waals surface area contributed by atoms with Gasteiger partial charge in [0.25, 0.3) is 6.01 Å². The molecule has 5 nitrogen and oxygen atoms in total. The molecule has 2 heterocycles. The van der Waals surface area contributed by atoms with Crippen LogP contribution in [0.5, 0.6) is 0 Å². The van der Waals surface area contributed by atoms with E-state index < -0.39 is 0 Å². The highest BCUT2D eigenvalue weighted by atomic mass is 16.4. The molecule has 0 atom stereocenters. The van der Waals surface area contributed by atoms with Gasteiger partial charge in [-0.1, -0.05) is 12.1 Å². The molecule has 0 radical (unpaired) electrons. The zero-order chi connectivity index (χ0) is 15.8. The molecule has 1 amide bonds. The normalized spacial score (nSPS) is 19.3. The van der Waals surface area contributed by atoms with E-state index in [1.54, 1.807) is 0 Å². The lowest BCUT2D eigenvalue weighted by Crippen LogP contribution is -2.40. The molecule has 0 unspecified atom stereocenters. The van der Waals surface area contributed by atoms with Gasteiger partial charge in [-0.3, -0.25) is 4.79 Å². The van der Waals surface area contributed by atoms with E-state index in [0.29, 0.717) is 17.7 Å². The maximum atomic E-state index is 12.1. The quantitative estimate of drug-likeness (QED) is 0.871. The predicted molar refractivity (Wildman–Crippen MR) is 89.3 cm³/mol. The topological polar surface area (TPSA) is 49.6 Å². The Morgan fingerprint density at radius 3 is 2.70 bits per heavy atom. The lowest BCUT2D eigenvalue weighted by atomic mass is 9.96. The van der Waals surface area contributed by atoms with Crippen LogP contribution in [0.2, 0.25) is 0 Å². The highest BCUT2D eigenvalue weighted by molar-refractivity contribution is 5.80. The van der Waals surface area contributed by atoms with Crippen molar-refractivity contribution in [1.82, 2.24) is 9.88 Å². The molecular formula is C18H23N3O2. The van der Waals surface area contributed by atoms with Crippen LogP contribution in [0.25, 0.3) is 11.1 Å². The third-order valence-electron chi connectivity index (χ3n) is 5.00. The van der Waals surface area contributed by atoms with Gasteiger partial charge in [0.05, 0.1) is 0 Å². The first-order valence-corrected chi connectivity index (χ1v) is 8.56. The monoisotopic (exact) mass is 313 g/mol. The van der Waals surface area contributed by atoms with E-state index in [1.807, 2.05) is 36.2 Å². The smallest absolute Gasteiger partial charge is 0.298 e. The number of rotatable bonds is 4. The fourth-order valence-electron chi connectivity index (χ4n) is 3.42. The zero-order valence-electron chi connectivity index (χ0n) is 13.6. The average Bonchev–Trinajstić information content (AvgIpc) is 3.33.